The molecule has 2 amide bonds. The Labute approximate surface area is 201 Å². The maximum absolute atomic E-state index is 13.0. The molecule has 0 bridgehead atoms. The summed E-state index contributed by atoms with van der Waals surface area (Å²) < 4.78 is 32.8. The van der Waals surface area contributed by atoms with Gasteiger partial charge in [0.25, 0.3) is 15.9 Å². The molecule has 0 spiro atoms. The monoisotopic (exact) mass is 487 g/mol. The quantitative estimate of drug-likeness (QED) is 0.563. The van der Waals surface area contributed by atoms with Crippen LogP contribution in [-0.2, 0) is 14.8 Å². The predicted octanol–water partition coefficient (Wildman–Crippen LogP) is 3.51. The Kier molecular flexibility index (Phi) is 8.55. The van der Waals surface area contributed by atoms with Crippen LogP contribution < -0.4 is 14.8 Å². The first-order valence-electron chi connectivity index (χ1n) is 11.5. The van der Waals surface area contributed by atoms with Crippen molar-refractivity contribution in [2.75, 3.05) is 31.5 Å². The zero-order chi connectivity index (χ0) is 24.7. The lowest BCUT2D eigenvalue weighted by molar-refractivity contribution is -0.126. The predicted molar refractivity (Wildman–Crippen MR) is 131 cm³/mol. The van der Waals surface area contributed by atoms with Crippen LogP contribution in [0.2, 0.25) is 0 Å². The highest BCUT2D eigenvalue weighted by molar-refractivity contribution is 7.92. The zero-order valence-electron chi connectivity index (χ0n) is 19.9. The second-order valence-corrected chi connectivity index (χ2v) is 10.6. The summed E-state index contributed by atoms with van der Waals surface area (Å²) in [5.41, 5.74) is 0.807. The van der Waals surface area contributed by atoms with E-state index in [4.69, 9.17) is 4.74 Å². The van der Waals surface area contributed by atoms with Crippen LogP contribution in [0.25, 0.3) is 0 Å². The fourth-order valence-electron chi connectivity index (χ4n) is 3.84. The molecule has 8 nitrogen and oxygen atoms in total. The van der Waals surface area contributed by atoms with E-state index in [1.807, 2.05) is 0 Å². The van der Waals surface area contributed by atoms with E-state index in [2.05, 4.69) is 23.9 Å². The van der Waals surface area contributed by atoms with E-state index in [-0.39, 0.29) is 22.6 Å². The van der Waals surface area contributed by atoms with Crippen molar-refractivity contribution < 1.29 is 22.7 Å². The first kappa shape index (κ1) is 25.6. The molecule has 2 aromatic rings. The fourth-order valence-corrected chi connectivity index (χ4v) is 4.89. The van der Waals surface area contributed by atoms with Crippen molar-refractivity contribution in [1.29, 1.82) is 0 Å². The summed E-state index contributed by atoms with van der Waals surface area (Å²) in [6.45, 7) is 5.86. The van der Waals surface area contributed by atoms with Crippen LogP contribution in [0.15, 0.2) is 53.4 Å². The number of nitrogens with one attached hydrogen (secondary N) is 2. The van der Waals surface area contributed by atoms with Crippen LogP contribution in [0.4, 0.5) is 5.69 Å². The van der Waals surface area contributed by atoms with E-state index in [0.29, 0.717) is 42.6 Å². The summed E-state index contributed by atoms with van der Waals surface area (Å²) in [5.74, 6) is 0.717. The molecule has 1 fully saturated rings. The number of nitrogens with zero attached hydrogens (tertiary/aromatic N) is 1. The highest BCUT2D eigenvalue weighted by Gasteiger charge is 2.28. The van der Waals surface area contributed by atoms with Crippen LogP contribution in [0.1, 0.15) is 43.5 Å². The van der Waals surface area contributed by atoms with E-state index in [9.17, 15) is 18.0 Å². The third-order valence-corrected chi connectivity index (χ3v) is 7.25. The number of ether oxygens (including phenoxy) is 1. The molecule has 1 unspecified atom stereocenters. The van der Waals surface area contributed by atoms with Crippen LogP contribution in [0.5, 0.6) is 5.75 Å². The molecule has 9 heteroatoms. The number of carbonyl (C=O) groups excluding carboxylic acids is 2. The Morgan fingerprint density at radius 3 is 2.38 bits per heavy atom. The lowest BCUT2D eigenvalue weighted by Gasteiger charge is -2.32. The van der Waals surface area contributed by atoms with Gasteiger partial charge in [0.2, 0.25) is 5.91 Å². The maximum atomic E-state index is 13.0. The third kappa shape index (κ3) is 6.72. The number of piperidine rings is 1. The number of anilines is 1. The molecule has 34 heavy (non-hydrogen) atoms. The summed E-state index contributed by atoms with van der Waals surface area (Å²) in [4.78, 5) is 27.3. The molecule has 2 N–H and O–H groups in total. The van der Waals surface area contributed by atoms with Crippen molar-refractivity contribution in [1.82, 2.24) is 10.2 Å². The van der Waals surface area contributed by atoms with Crippen molar-refractivity contribution in [3.05, 3.63) is 54.1 Å². The van der Waals surface area contributed by atoms with E-state index < -0.39 is 10.0 Å². The topological polar surface area (TPSA) is 105 Å². The molecule has 0 saturated carbocycles. The minimum absolute atomic E-state index is 0.00133. The SMILES string of the molecule is COc1ccc(S(=O)(=O)Nc2ccc(C(=O)N3CCCC(C(=O)NCCC(C)C)C3)cc2)cc1. The van der Waals surface area contributed by atoms with E-state index in [1.54, 1.807) is 41.3 Å². The summed E-state index contributed by atoms with van der Waals surface area (Å²) in [6, 6.07) is 12.4. The standard InChI is InChI=1S/C25H33N3O5S/c1-18(2)14-15-26-24(29)20-5-4-16-28(17-20)25(30)19-6-8-21(9-7-19)27-34(31,32)23-12-10-22(33-3)11-13-23/h6-13,18,20,27H,4-5,14-17H2,1-3H3,(H,26,29). The molecule has 1 atom stereocenters. The summed E-state index contributed by atoms with van der Waals surface area (Å²) in [7, 11) is -2.26. The third-order valence-electron chi connectivity index (χ3n) is 5.85. The van der Waals surface area contributed by atoms with Crippen LogP contribution in [0, 0.1) is 11.8 Å². The van der Waals surface area contributed by atoms with Gasteiger partial charge in [-0.2, -0.15) is 0 Å². The van der Waals surface area contributed by atoms with Crippen LogP contribution >= 0.6 is 0 Å². The van der Waals surface area contributed by atoms with Crippen molar-refractivity contribution in [3.63, 3.8) is 0 Å². The van der Waals surface area contributed by atoms with Crippen molar-refractivity contribution in [2.45, 2.75) is 38.0 Å². The van der Waals surface area contributed by atoms with Crippen LogP contribution in [0.3, 0.4) is 0 Å². The highest BCUT2D eigenvalue weighted by Crippen LogP contribution is 2.22. The molecule has 1 saturated heterocycles. The molecule has 1 heterocycles. The van der Waals surface area contributed by atoms with Crippen molar-refractivity contribution in [2.24, 2.45) is 11.8 Å². The van der Waals surface area contributed by atoms with Crippen LogP contribution in [-0.4, -0.2) is 51.9 Å². The Bertz CT molecular complexity index is 1080. The molecule has 3 rings (SSSR count). The molecule has 0 radical (unpaired) electrons. The van der Waals surface area contributed by atoms with E-state index in [1.165, 1.54) is 19.2 Å². The normalized spacial score (nSPS) is 16.2. The first-order valence-corrected chi connectivity index (χ1v) is 13.0. The second kappa shape index (κ2) is 11.4. The van der Waals surface area contributed by atoms with Gasteiger partial charge in [-0.1, -0.05) is 13.8 Å². The van der Waals surface area contributed by atoms with Gasteiger partial charge in [-0.3, -0.25) is 14.3 Å². The van der Waals surface area contributed by atoms with Gasteiger partial charge in [-0.15, -0.1) is 0 Å². The molecule has 1 aliphatic heterocycles. The lowest BCUT2D eigenvalue weighted by Crippen LogP contribution is -2.45. The number of amides is 2. The Morgan fingerprint density at radius 2 is 1.76 bits per heavy atom. The number of likely N-dealkylation sites (tertiary alicyclic amines) is 1. The van der Waals surface area contributed by atoms with E-state index >= 15 is 0 Å². The summed E-state index contributed by atoms with van der Waals surface area (Å²) in [6.07, 6.45) is 2.47. The summed E-state index contributed by atoms with van der Waals surface area (Å²) >= 11 is 0. The van der Waals surface area contributed by atoms with Gasteiger partial charge in [0.05, 0.1) is 17.9 Å². The highest BCUT2D eigenvalue weighted by atomic mass is 32.2. The minimum Gasteiger partial charge on any atom is -0.497 e. The average molecular weight is 488 g/mol. The van der Waals surface area contributed by atoms with Gasteiger partial charge in [-0.05, 0) is 73.7 Å². The largest absolute Gasteiger partial charge is 0.497 e. The molecular formula is C25H33N3O5S. The molecule has 184 valence electrons. The number of methoxy groups -OCH3 is 1. The number of hydrogen-bond acceptors (Lipinski definition) is 5. The Morgan fingerprint density at radius 1 is 1.09 bits per heavy atom. The zero-order valence-corrected chi connectivity index (χ0v) is 20.7. The fraction of sp³-hybridized carbons (Fsp3) is 0.440. The van der Waals surface area contributed by atoms with Crippen molar-refractivity contribution >= 4 is 27.5 Å². The molecule has 0 aromatic heterocycles. The number of rotatable bonds is 9. The molecular weight excluding hydrogens is 454 g/mol. The second-order valence-electron chi connectivity index (χ2n) is 8.92. The number of carbonyl (C=O) groups is 2. The molecule has 1 aliphatic rings. The molecule has 2 aromatic carbocycles. The van der Waals surface area contributed by atoms with Gasteiger partial charge in [0.1, 0.15) is 5.75 Å². The first-order chi connectivity index (χ1) is 16.2. The Hall–Kier alpha value is -3.07. The van der Waals surface area contributed by atoms with Gasteiger partial charge in [-0.25, -0.2) is 8.42 Å². The Balaban J connectivity index is 1.60. The smallest absolute Gasteiger partial charge is 0.261 e. The number of sulfonamides is 1. The van der Waals surface area contributed by atoms with Gasteiger partial charge < -0.3 is 15.0 Å². The molecule has 0 aliphatic carbocycles. The van der Waals surface area contributed by atoms with Gasteiger partial charge in [0, 0.05) is 30.9 Å². The van der Waals surface area contributed by atoms with Crippen molar-refractivity contribution in [3.8, 4) is 5.75 Å². The average Bonchev–Trinajstić information content (AvgIpc) is 2.83. The number of hydrogen-bond donors (Lipinski definition) is 2. The summed E-state index contributed by atoms with van der Waals surface area (Å²) in [5, 5.41) is 2.98. The van der Waals surface area contributed by atoms with E-state index in [0.717, 1.165) is 19.3 Å². The van der Waals surface area contributed by atoms with Gasteiger partial charge >= 0.3 is 0 Å². The minimum atomic E-state index is -3.77. The van der Waals surface area contributed by atoms with Gasteiger partial charge in [0.15, 0.2) is 0 Å². The maximum Gasteiger partial charge on any atom is 0.261 e. The lowest BCUT2D eigenvalue weighted by atomic mass is 9.96. The number of benzene rings is 2.